The van der Waals surface area contributed by atoms with Crippen LogP contribution in [0.3, 0.4) is 0 Å². The number of thiazole rings is 1. The summed E-state index contributed by atoms with van der Waals surface area (Å²) in [6.45, 7) is 0. The zero-order valence-electron chi connectivity index (χ0n) is 7.33. The Morgan fingerprint density at radius 1 is 1.33 bits per heavy atom. The molecule has 3 aromatic rings. The third-order valence-electron chi connectivity index (χ3n) is 1.88. The largest absolute Gasteiger partial charge is 0.218 e. The molecular weight excluding hydrogens is 234 g/mol. The molecule has 0 saturated heterocycles. The lowest BCUT2D eigenvalue weighted by Crippen LogP contribution is -1.92. The average molecular weight is 238 g/mol. The fourth-order valence-corrected chi connectivity index (χ4v) is 2.39. The van der Waals surface area contributed by atoms with Crippen LogP contribution in [0.4, 0.5) is 0 Å². The van der Waals surface area contributed by atoms with Gasteiger partial charge in [-0.05, 0) is 28.6 Å². The summed E-state index contributed by atoms with van der Waals surface area (Å²) in [5.41, 5.74) is 0.898. The second kappa shape index (κ2) is 3.25. The summed E-state index contributed by atoms with van der Waals surface area (Å²) in [6, 6.07) is 5.57. The van der Waals surface area contributed by atoms with Gasteiger partial charge < -0.3 is 0 Å². The van der Waals surface area contributed by atoms with Gasteiger partial charge in [0.1, 0.15) is 6.33 Å². The van der Waals surface area contributed by atoms with Gasteiger partial charge >= 0.3 is 0 Å². The lowest BCUT2D eigenvalue weighted by atomic mass is 10.3. The summed E-state index contributed by atoms with van der Waals surface area (Å²) in [5.74, 6) is 0. The van der Waals surface area contributed by atoms with Crippen LogP contribution in [0.2, 0.25) is 5.02 Å². The van der Waals surface area contributed by atoms with E-state index in [4.69, 9.17) is 11.6 Å². The first-order valence-corrected chi connectivity index (χ1v) is 5.32. The van der Waals surface area contributed by atoms with Gasteiger partial charge in [-0.15, -0.1) is 5.10 Å². The molecule has 3 rings (SSSR count). The van der Waals surface area contributed by atoms with Crippen LogP contribution >= 0.6 is 22.9 Å². The number of rotatable bonds is 1. The number of hydrogen-bond acceptors (Lipinski definition) is 5. The van der Waals surface area contributed by atoms with E-state index >= 15 is 0 Å². The van der Waals surface area contributed by atoms with Crippen molar-refractivity contribution >= 4 is 33.2 Å². The average Bonchev–Trinajstić information content (AvgIpc) is 2.84. The fourth-order valence-electron chi connectivity index (χ4n) is 1.23. The Morgan fingerprint density at radius 3 is 3.07 bits per heavy atom. The first-order chi connectivity index (χ1) is 7.33. The first-order valence-electron chi connectivity index (χ1n) is 4.12. The minimum atomic E-state index is 0.703. The molecule has 5 nitrogen and oxygen atoms in total. The van der Waals surface area contributed by atoms with Crippen molar-refractivity contribution in [2.45, 2.75) is 0 Å². The molecule has 0 unspecified atom stereocenters. The number of fused-ring (bicyclic) bond motifs is 1. The van der Waals surface area contributed by atoms with Crippen molar-refractivity contribution < 1.29 is 0 Å². The number of hydrogen-bond donors (Lipinski definition) is 0. The monoisotopic (exact) mass is 237 g/mol. The second-order valence-electron chi connectivity index (χ2n) is 2.86. The van der Waals surface area contributed by atoms with Gasteiger partial charge in [0.25, 0.3) is 0 Å². The highest BCUT2D eigenvalue weighted by Crippen LogP contribution is 2.26. The predicted molar refractivity (Wildman–Crippen MR) is 57.3 cm³/mol. The Kier molecular flexibility index (Phi) is 1.90. The molecule has 2 aromatic heterocycles. The first kappa shape index (κ1) is 8.75. The highest BCUT2D eigenvalue weighted by Gasteiger charge is 2.06. The Hall–Kier alpha value is -1.53. The second-order valence-corrected chi connectivity index (χ2v) is 4.31. The predicted octanol–water partition coefficient (Wildman–Crippen LogP) is 1.93. The van der Waals surface area contributed by atoms with Crippen LogP contribution in [0.1, 0.15) is 0 Å². The molecule has 0 atom stereocenters. The molecule has 74 valence electrons. The van der Waals surface area contributed by atoms with Crippen LogP contribution in [0.5, 0.6) is 0 Å². The van der Waals surface area contributed by atoms with Crippen molar-refractivity contribution in [2.75, 3.05) is 0 Å². The quantitative estimate of drug-likeness (QED) is 0.649. The highest BCUT2D eigenvalue weighted by atomic mass is 35.5. The molecule has 0 bridgehead atoms. The standard InChI is InChI=1S/C8H4ClN5S/c9-5-1-2-6-7(3-5)15-8(11-6)14-4-10-12-13-14/h1-4H. The van der Waals surface area contributed by atoms with Crippen molar-refractivity contribution in [3.63, 3.8) is 0 Å². The Labute approximate surface area is 93.3 Å². The molecule has 0 saturated carbocycles. The topological polar surface area (TPSA) is 56.5 Å². The van der Waals surface area contributed by atoms with E-state index in [1.807, 2.05) is 18.2 Å². The van der Waals surface area contributed by atoms with Crippen LogP contribution in [0.25, 0.3) is 15.3 Å². The number of halogens is 1. The lowest BCUT2D eigenvalue weighted by molar-refractivity contribution is 0.785. The van der Waals surface area contributed by atoms with Gasteiger partial charge in [-0.2, -0.15) is 4.68 Å². The summed E-state index contributed by atoms with van der Waals surface area (Å²) >= 11 is 7.38. The van der Waals surface area contributed by atoms with Crippen LogP contribution in [-0.4, -0.2) is 25.2 Å². The van der Waals surface area contributed by atoms with E-state index in [-0.39, 0.29) is 0 Å². The van der Waals surface area contributed by atoms with Gasteiger partial charge in [0, 0.05) is 5.02 Å². The molecule has 15 heavy (non-hydrogen) atoms. The molecule has 2 heterocycles. The molecular formula is C8H4ClN5S. The molecule has 0 aliphatic carbocycles. The molecule has 1 aromatic carbocycles. The van der Waals surface area contributed by atoms with Gasteiger partial charge in [0.2, 0.25) is 5.13 Å². The molecule has 7 heteroatoms. The van der Waals surface area contributed by atoms with Crippen molar-refractivity contribution in [3.05, 3.63) is 29.5 Å². The van der Waals surface area contributed by atoms with E-state index in [0.717, 1.165) is 15.3 Å². The SMILES string of the molecule is Clc1ccc2nc(-n3cnnn3)sc2c1. The maximum absolute atomic E-state index is 5.88. The normalized spacial score (nSPS) is 11.0. The molecule has 0 spiro atoms. The van der Waals surface area contributed by atoms with Crippen molar-refractivity contribution in [3.8, 4) is 5.13 Å². The van der Waals surface area contributed by atoms with E-state index in [1.54, 1.807) is 0 Å². The number of nitrogens with zero attached hydrogens (tertiary/aromatic N) is 5. The number of benzene rings is 1. The summed E-state index contributed by atoms with van der Waals surface area (Å²) in [5, 5.41) is 12.3. The third-order valence-corrected chi connectivity index (χ3v) is 3.13. The van der Waals surface area contributed by atoms with Crippen LogP contribution < -0.4 is 0 Å². The van der Waals surface area contributed by atoms with Crippen molar-refractivity contribution in [1.29, 1.82) is 0 Å². The summed E-state index contributed by atoms with van der Waals surface area (Å²) < 4.78 is 2.55. The molecule has 0 amide bonds. The van der Waals surface area contributed by atoms with Crippen molar-refractivity contribution in [2.24, 2.45) is 0 Å². The van der Waals surface area contributed by atoms with Gasteiger partial charge in [0.05, 0.1) is 10.2 Å². The number of aromatic nitrogens is 5. The molecule has 0 aliphatic rings. The lowest BCUT2D eigenvalue weighted by Gasteiger charge is -1.86. The van der Waals surface area contributed by atoms with Gasteiger partial charge in [-0.3, -0.25) is 0 Å². The third kappa shape index (κ3) is 1.47. The van der Waals surface area contributed by atoms with Crippen LogP contribution in [0.15, 0.2) is 24.5 Å². The Morgan fingerprint density at radius 2 is 2.27 bits per heavy atom. The summed E-state index contributed by atoms with van der Waals surface area (Å²) in [4.78, 5) is 4.38. The van der Waals surface area contributed by atoms with Crippen molar-refractivity contribution in [1.82, 2.24) is 25.2 Å². The molecule has 0 fully saturated rings. The van der Waals surface area contributed by atoms with E-state index < -0.39 is 0 Å². The molecule has 0 N–H and O–H groups in total. The summed E-state index contributed by atoms with van der Waals surface area (Å²) in [6.07, 6.45) is 1.51. The smallest absolute Gasteiger partial charge is 0.214 e. The zero-order chi connectivity index (χ0) is 10.3. The number of tetrazole rings is 1. The van der Waals surface area contributed by atoms with Gasteiger partial charge in [0.15, 0.2) is 0 Å². The van der Waals surface area contributed by atoms with E-state index in [2.05, 4.69) is 20.5 Å². The molecule has 0 radical (unpaired) electrons. The van der Waals surface area contributed by atoms with E-state index in [9.17, 15) is 0 Å². The van der Waals surface area contributed by atoms with E-state index in [1.165, 1.54) is 22.3 Å². The fraction of sp³-hybridized carbons (Fsp3) is 0. The Balaban J connectivity index is 2.22. The minimum Gasteiger partial charge on any atom is -0.218 e. The maximum atomic E-state index is 5.88. The molecule has 0 aliphatic heterocycles. The van der Waals surface area contributed by atoms with Crippen LogP contribution in [-0.2, 0) is 0 Å². The van der Waals surface area contributed by atoms with E-state index in [0.29, 0.717) is 5.02 Å². The Bertz CT molecular complexity index is 603. The van der Waals surface area contributed by atoms with Gasteiger partial charge in [-0.25, -0.2) is 4.98 Å². The maximum Gasteiger partial charge on any atom is 0.214 e. The van der Waals surface area contributed by atoms with Crippen LogP contribution in [0, 0.1) is 0 Å². The summed E-state index contributed by atoms with van der Waals surface area (Å²) in [7, 11) is 0. The highest BCUT2D eigenvalue weighted by molar-refractivity contribution is 7.20. The minimum absolute atomic E-state index is 0.703. The van der Waals surface area contributed by atoms with Gasteiger partial charge in [-0.1, -0.05) is 22.9 Å². The zero-order valence-corrected chi connectivity index (χ0v) is 8.90.